The van der Waals surface area contributed by atoms with Crippen LogP contribution in [0.2, 0.25) is 0 Å². The molecular weight excluding hydrogens is 513 g/mol. The van der Waals surface area contributed by atoms with E-state index in [-0.39, 0.29) is 30.4 Å². The molecule has 2 amide bonds. The van der Waals surface area contributed by atoms with Gasteiger partial charge in [-0.15, -0.1) is 0 Å². The number of likely N-dealkylation sites (tertiary alicyclic amines) is 1. The summed E-state index contributed by atoms with van der Waals surface area (Å²) in [7, 11) is 0. The molecule has 2 saturated heterocycles. The molecule has 2 aromatic rings. The highest BCUT2D eigenvalue weighted by atomic mass is 19.1. The van der Waals surface area contributed by atoms with Crippen LogP contribution in [0.3, 0.4) is 0 Å². The molecule has 3 aliphatic heterocycles. The van der Waals surface area contributed by atoms with Crippen LogP contribution in [0.5, 0.6) is 5.75 Å². The molecule has 0 aromatic heterocycles. The zero-order valence-corrected chi connectivity index (χ0v) is 23.4. The first-order chi connectivity index (χ1) is 19.2. The highest BCUT2D eigenvalue weighted by Gasteiger charge is 2.40. The van der Waals surface area contributed by atoms with Crippen molar-refractivity contribution < 1.29 is 23.5 Å². The molecular formula is C30H38FN5O4. The van der Waals surface area contributed by atoms with E-state index in [2.05, 4.69) is 11.8 Å². The first-order valence-electron chi connectivity index (χ1n) is 14.1. The van der Waals surface area contributed by atoms with Gasteiger partial charge in [0, 0.05) is 57.4 Å². The molecule has 0 spiro atoms. The molecule has 2 aromatic carbocycles. The maximum absolute atomic E-state index is 14.0. The van der Waals surface area contributed by atoms with Gasteiger partial charge in [-0.2, -0.15) is 0 Å². The summed E-state index contributed by atoms with van der Waals surface area (Å²) in [6.07, 6.45) is 1.79. The van der Waals surface area contributed by atoms with Gasteiger partial charge in [-0.05, 0) is 62.9 Å². The Morgan fingerprint density at radius 2 is 1.70 bits per heavy atom. The van der Waals surface area contributed by atoms with Crippen molar-refractivity contribution in [1.82, 2.24) is 14.7 Å². The zero-order valence-electron chi connectivity index (χ0n) is 23.4. The molecule has 10 heteroatoms. The third-order valence-corrected chi connectivity index (χ3v) is 8.32. The van der Waals surface area contributed by atoms with Crippen molar-refractivity contribution in [2.45, 2.75) is 58.2 Å². The van der Waals surface area contributed by atoms with Crippen molar-refractivity contribution >= 4 is 23.3 Å². The number of halogens is 1. The summed E-state index contributed by atoms with van der Waals surface area (Å²) in [5.74, 6) is 4.53. The van der Waals surface area contributed by atoms with Gasteiger partial charge in [-0.1, -0.05) is 12.1 Å². The highest BCUT2D eigenvalue weighted by Crippen LogP contribution is 2.41. The van der Waals surface area contributed by atoms with Crippen LogP contribution in [0.4, 0.5) is 10.1 Å². The van der Waals surface area contributed by atoms with Crippen LogP contribution in [0.25, 0.3) is 0 Å². The molecule has 9 nitrogen and oxygen atoms in total. The Bertz CT molecular complexity index is 1280. The summed E-state index contributed by atoms with van der Waals surface area (Å²) in [6, 6.07) is 9.91. The Morgan fingerprint density at radius 1 is 1.00 bits per heavy atom. The largest absolute Gasteiger partial charge is 0.493 e. The fourth-order valence-electron chi connectivity index (χ4n) is 6.08. The van der Waals surface area contributed by atoms with Gasteiger partial charge in [0.05, 0.1) is 23.8 Å². The Hall–Kier alpha value is -3.50. The third kappa shape index (κ3) is 5.42. The molecule has 0 radical (unpaired) electrons. The summed E-state index contributed by atoms with van der Waals surface area (Å²) in [5, 5.41) is 1.46. The number of rotatable bonds is 7. The van der Waals surface area contributed by atoms with E-state index in [9.17, 15) is 18.8 Å². The monoisotopic (exact) mass is 551 g/mol. The number of fused-ring (bicyclic) bond motifs is 1. The van der Waals surface area contributed by atoms with E-state index >= 15 is 0 Å². The van der Waals surface area contributed by atoms with Gasteiger partial charge >= 0.3 is 0 Å². The van der Waals surface area contributed by atoms with Gasteiger partial charge in [0.15, 0.2) is 0 Å². The number of hydrogen-bond acceptors (Lipinski definition) is 7. The van der Waals surface area contributed by atoms with Crippen molar-refractivity contribution in [2.24, 2.45) is 5.84 Å². The van der Waals surface area contributed by atoms with Gasteiger partial charge in [-0.25, -0.2) is 10.2 Å². The third-order valence-electron chi connectivity index (χ3n) is 8.32. The number of hydrazine groups is 1. The zero-order chi connectivity index (χ0) is 28.6. The van der Waals surface area contributed by atoms with Crippen LogP contribution < -0.4 is 15.6 Å². The van der Waals surface area contributed by atoms with E-state index in [0.717, 1.165) is 18.4 Å². The first kappa shape index (κ1) is 28.0. The normalized spacial score (nSPS) is 22.9. The van der Waals surface area contributed by atoms with E-state index in [0.29, 0.717) is 61.9 Å². The van der Waals surface area contributed by atoms with Crippen molar-refractivity contribution in [1.29, 1.82) is 0 Å². The lowest BCUT2D eigenvalue weighted by atomic mass is 9.93. The van der Waals surface area contributed by atoms with Gasteiger partial charge in [0.1, 0.15) is 11.6 Å². The predicted molar refractivity (Wildman–Crippen MR) is 149 cm³/mol. The van der Waals surface area contributed by atoms with E-state index in [1.807, 2.05) is 18.7 Å². The van der Waals surface area contributed by atoms with Gasteiger partial charge < -0.3 is 19.5 Å². The molecule has 2 fully saturated rings. The molecule has 2 N–H and O–H groups in total. The number of amides is 2. The standard InChI is InChI=1S/C30H38FN5O4/c1-4-40-27-14-26-23(25(18-36(26)32)28(37)30(39)33-11-5-6-12-33)13-24(27)29(38)35-16-19(2)34(15-20(35)3)17-21-7-9-22(31)10-8-21/h7-10,13-14,19-20,25H,4-6,11-12,15-18,32H2,1-3H3/t19-,20+,25?/m0/s1. The number of piperazine rings is 1. The SMILES string of the molecule is CCOc1cc2c(cc1C(=O)N1C[C@H](C)N(Cc3ccc(F)cc3)C[C@H]1C)C(C(=O)C(=O)N1CCCC1)CN2N. The van der Waals surface area contributed by atoms with Crippen molar-refractivity contribution in [3.63, 3.8) is 0 Å². The second kappa shape index (κ2) is 11.5. The average Bonchev–Trinajstić information content (AvgIpc) is 3.59. The first-order valence-corrected chi connectivity index (χ1v) is 14.1. The molecule has 0 saturated carbocycles. The van der Waals surface area contributed by atoms with E-state index < -0.39 is 17.6 Å². The Labute approximate surface area is 234 Å². The maximum atomic E-state index is 14.0. The van der Waals surface area contributed by atoms with Crippen LogP contribution in [0.1, 0.15) is 61.0 Å². The topological polar surface area (TPSA) is 99.4 Å². The molecule has 3 aliphatic rings. The van der Waals surface area contributed by atoms with E-state index in [1.54, 1.807) is 29.2 Å². The molecule has 5 rings (SSSR count). The van der Waals surface area contributed by atoms with Gasteiger partial charge in [-0.3, -0.25) is 19.3 Å². The molecule has 1 unspecified atom stereocenters. The minimum absolute atomic E-state index is 0.0714. The molecule has 0 bridgehead atoms. The number of benzene rings is 2. The van der Waals surface area contributed by atoms with Crippen LogP contribution in [-0.2, 0) is 16.1 Å². The Kier molecular flexibility index (Phi) is 8.09. The molecule has 0 aliphatic carbocycles. The average molecular weight is 552 g/mol. The number of ketones is 1. The molecule has 214 valence electrons. The second-order valence-electron chi connectivity index (χ2n) is 11.1. The van der Waals surface area contributed by atoms with Crippen LogP contribution >= 0.6 is 0 Å². The molecule has 3 atom stereocenters. The van der Waals surface area contributed by atoms with Gasteiger partial charge in [0.25, 0.3) is 11.8 Å². The van der Waals surface area contributed by atoms with E-state index in [4.69, 9.17) is 10.6 Å². The lowest BCUT2D eigenvalue weighted by Gasteiger charge is -2.44. The van der Waals surface area contributed by atoms with Crippen LogP contribution in [0, 0.1) is 5.82 Å². The second-order valence-corrected chi connectivity index (χ2v) is 11.1. The summed E-state index contributed by atoms with van der Waals surface area (Å²) in [4.78, 5) is 46.0. The number of nitrogens with zero attached hydrogens (tertiary/aromatic N) is 4. The summed E-state index contributed by atoms with van der Waals surface area (Å²) in [6.45, 7) is 9.47. The van der Waals surface area contributed by atoms with Gasteiger partial charge in [0.2, 0.25) is 5.78 Å². The van der Waals surface area contributed by atoms with Crippen molar-refractivity contribution in [2.75, 3.05) is 44.3 Å². The number of carbonyl (C=O) groups excluding carboxylic acids is 3. The highest BCUT2D eigenvalue weighted by molar-refractivity contribution is 6.38. The number of nitrogens with two attached hydrogens (primary N) is 1. The lowest BCUT2D eigenvalue weighted by Crippen LogP contribution is -2.57. The number of hydrogen-bond donors (Lipinski definition) is 1. The number of anilines is 1. The van der Waals surface area contributed by atoms with E-state index in [1.165, 1.54) is 17.1 Å². The fourth-order valence-corrected chi connectivity index (χ4v) is 6.08. The minimum atomic E-state index is -0.737. The van der Waals surface area contributed by atoms with Crippen molar-refractivity contribution in [3.05, 3.63) is 58.9 Å². The predicted octanol–water partition coefficient (Wildman–Crippen LogP) is 2.93. The summed E-state index contributed by atoms with van der Waals surface area (Å²) < 4.78 is 19.2. The lowest BCUT2D eigenvalue weighted by molar-refractivity contribution is -0.144. The molecule has 3 heterocycles. The fraction of sp³-hybridized carbons (Fsp3) is 0.500. The number of ether oxygens (including phenoxy) is 1. The Balaban J connectivity index is 1.39. The molecule has 40 heavy (non-hydrogen) atoms. The number of Topliss-reactive ketones (excluding diaryl/α,β-unsaturated/α-hetero) is 1. The van der Waals surface area contributed by atoms with Crippen LogP contribution in [-0.4, -0.2) is 83.7 Å². The summed E-state index contributed by atoms with van der Waals surface area (Å²) in [5.41, 5.74) is 2.57. The van der Waals surface area contributed by atoms with Crippen molar-refractivity contribution in [3.8, 4) is 5.75 Å². The van der Waals surface area contributed by atoms with Crippen LogP contribution in [0.15, 0.2) is 36.4 Å². The quantitative estimate of drug-likeness (QED) is 0.417. The maximum Gasteiger partial charge on any atom is 0.290 e. The number of carbonyl (C=O) groups is 3. The summed E-state index contributed by atoms with van der Waals surface area (Å²) >= 11 is 0. The smallest absolute Gasteiger partial charge is 0.290 e. The minimum Gasteiger partial charge on any atom is -0.493 e. The Morgan fingerprint density at radius 3 is 2.38 bits per heavy atom.